The van der Waals surface area contributed by atoms with Crippen molar-refractivity contribution in [3.05, 3.63) is 12.7 Å². The predicted octanol–water partition coefficient (Wildman–Crippen LogP) is 3.22. The number of nitrogens with zero attached hydrogens (tertiary/aromatic N) is 1. The van der Waals surface area contributed by atoms with E-state index < -0.39 is 0 Å². The second-order valence-electron chi connectivity index (χ2n) is 6.35. The van der Waals surface area contributed by atoms with Gasteiger partial charge in [-0.3, -0.25) is 16.2 Å². The fourth-order valence-corrected chi connectivity index (χ4v) is 3.15. The molecule has 1 atom stereocenters. The average molecular weight is 267 g/mol. The van der Waals surface area contributed by atoms with Gasteiger partial charge in [0.15, 0.2) is 0 Å². The molecular formula is C16H33N3. The molecule has 1 rings (SSSR count). The largest absolute Gasteiger partial charge is 0.297 e. The standard InChI is InChI=1S/C16H33N3/c1-4-5-6-7-9-12-15(18-17)16(2,3)19-13-10-8-11-14-19/h4,15,18H,1,5-14,17H2,2-3H3. The molecular weight excluding hydrogens is 234 g/mol. The molecule has 1 saturated heterocycles. The lowest BCUT2D eigenvalue weighted by atomic mass is 9.87. The maximum atomic E-state index is 5.81. The van der Waals surface area contributed by atoms with Gasteiger partial charge in [0.1, 0.15) is 0 Å². The van der Waals surface area contributed by atoms with Crippen LogP contribution in [-0.2, 0) is 0 Å². The molecule has 0 aromatic heterocycles. The Morgan fingerprint density at radius 2 is 1.89 bits per heavy atom. The zero-order valence-electron chi connectivity index (χ0n) is 13.0. The van der Waals surface area contributed by atoms with Gasteiger partial charge in [-0.1, -0.05) is 25.3 Å². The number of hydrogen-bond acceptors (Lipinski definition) is 3. The second kappa shape index (κ2) is 8.72. The molecule has 0 amide bonds. The van der Waals surface area contributed by atoms with E-state index in [1.807, 2.05) is 6.08 Å². The molecule has 3 nitrogen and oxygen atoms in total. The van der Waals surface area contributed by atoms with E-state index in [9.17, 15) is 0 Å². The monoisotopic (exact) mass is 267 g/mol. The van der Waals surface area contributed by atoms with Crippen LogP contribution in [-0.4, -0.2) is 29.6 Å². The van der Waals surface area contributed by atoms with E-state index >= 15 is 0 Å². The Hall–Kier alpha value is -0.380. The molecule has 0 radical (unpaired) electrons. The van der Waals surface area contributed by atoms with Crippen molar-refractivity contribution in [3.8, 4) is 0 Å². The minimum atomic E-state index is 0.160. The van der Waals surface area contributed by atoms with Crippen molar-refractivity contribution in [2.75, 3.05) is 13.1 Å². The first-order valence-corrected chi connectivity index (χ1v) is 7.95. The molecule has 1 heterocycles. The number of nitrogens with two attached hydrogens (primary N) is 1. The van der Waals surface area contributed by atoms with Gasteiger partial charge in [-0.15, -0.1) is 6.58 Å². The molecule has 0 aliphatic carbocycles. The van der Waals surface area contributed by atoms with Crippen LogP contribution in [0.25, 0.3) is 0 Å². The highest BCUT2D eigenvalue weighted by molar-refractivity contribution is 4.93. The van der Waals surface area contributed by atoms with E-state index in [1.54, 1.807) is 0 Å². The van der Waals surface area contributed by atoms with Gasteiger partial charge in [0, 0.05) is 11.6 Å². The van der Waals surface area contributed by atoms with E-state index in [-0.39, 0.29) is 5.54 Å². The van der Waals surface area contributed by atoms with Crippen molar-refractivity contribution in [1.29, 1.82) is 0 Å². The van der Waals surface area contributed by atoms with Gasteiger partial charge in [0.25, 0.3) is 0 Å². The lowest BCUT2D eigenvalue weighted by molar-refractivity contribution is 0.0573. The van der Waals surface area contributed by atoms with Crippen molar-refractivity contribution in [2.45, 2.75) is 76.8 Å². The summed E-state index contributed by atoms with van der Waals surface area (Å²) in [6.07, 6.45) is 12.1. The molecule has 0 saturated carbocycles. The molecule has 3 heteroatoms. The van der Waals surface area contributed by atoms with Gasteiger partial charge < -0.3 is 0 Å². The minimum absolute atomic E-state index is 0.160. The van der Waals surface area contributed by atoms with Crippen LogP contribution in [0.3, 0.4) is 0 Å². The quantitative estimate of drug-likeness (QED) is 0.292. The zero-order chi connectivity index (χ0) is 14.1. The first-order valence-electron chi connectivity index (χ1n) is 7.95. The van der Waals surface area contributed by atoms with Crippen LogP contribution in [0.15, 0.2) is 12.7 Å². The summed E-state index contributed by atoms with van der Waals surface area (Å²) >= 11 is 0. The van der Waals surface area contributed by atoms with Crippen LogP contribution in [0, 0.1) is 0 Å². The van der Waals surface area contributed by atoms with E-state index in [1.165, 1.54) is 51.6 Å². The summed E-state index contributed by atoms with van der Waals surface area (Å²) in [5.41, 5.74) is 3.23. The van der Waals surface area contributed by atoms with E-state index in [2.05, 4.69) is 30.8 Å². The fraction of sp³-hybridized carbons (Fsp3) is 0.875. The average Bonchev–Trinajstić information content (AvgIpc) is 2.43. The van der Waals surface area contributed by atoms with Crippen LogP contribution in [0.4, 0.5) is 0 Å². The summed E-state index contributed by atoms with van der Waals surface area (Å²) in [6.45, 7) is 10.9. The molecule has 112 valence electrons. The molecule has 1 aliphatic heterocycles. The zero-order valence-corrected chi connectivity index (χ0v) is 13.0. The van der Waals surface area contributed by atoms with Crippen LogP contribution in [0.2, 0.25) is 0 Å². The first-order chi connectivity index (χ1) is 9.12. The lowest BCUT2D eigenvalue weighted by Crippen LogP contribution is -2.60. The molecule has 0 bridgehead atoms. The van der Waals surface area contributed by atoms with Crippen molar-refractivity contribution < 1.29 is 0 Å². The Morgan fingerprint density at radius 3 is 2.47 bits per heavy atom. The van der Waals surface area contributed by atoms with Crippen molar-refractivity contribution in [2.24, 2.45) is 5.84 Å². The van der Waals surface area contributed by atoms with Crippen LogP contribution in [0.5, 0.6) is 0 Å². The Labute approximate surface area is 119 Å². The number of piperidine rings is 1. The number of nitrogens with one attached hydrogen (secondary N) is 1. The third kappa shape index (κ3) is 5.25. The van der Waals surface area contributed by atoms with Gasteiger partial charge >= 0.3 is 0 Å². The highest BCUT2D eigenvalue weighted by Gasteiger charge is 2.34. The maximum absolute atomic E-state index is 5.81. The van der Waals surface area contributed by atoms with E-state index in [0.29, 0.717) is 6.04 Å². The minimum Gasteiger partial charge on any atom is -0.297 e. The Balaban J connectivity index is 2.39. The maximum Gasteiger partial charge on any atom is 0.0389 e. The summed E-state index contributed by atoms with van der Waals surface area (Å²) in [4.78, 5) is 2.62. The van der Waals surface area contributed by atoms with Gasteiger partial charge in [-0.05, 0) is 59.0 Å². The van der Waals surface area contributed by atoms with Crippen molar-refractivity contribution in [1.82, 2.24) is 10.3 Å². The number of allylic oxidation sites excluding steroid dienone is 1. The van der Waals surface area contributed by atoms with Gasteiger partial charge in [0.2, 0.25) is 0 Å². The smallest absolute Gasteiger partial charge is 0.0389 e. The fourth-order valence-electron chi connectivity index (χ4n) is 3.15. The summed E-state index contributed by atoms with van der Waals surface area (Å²) in [5, 5.41) is 0. The summed E-state index contributed by atoms with van der Waals surface area (Å²) in [6, 6.07) is 0.384. The summed E-state index contributed by atoms with van der Waals surface area (Å²) < 4.78 is 0. The van der Waals surface area contributed by atoms with Crippen LogP contribution < -0.4 is 11.3 Å². The predicted molar refractivity (Wildman–Crippen MR) is 83.9 cm³/mol. The normalized spacial score (nSPS) is 19.3. The van der Waals surface area contributed by atoms with Gasteiger partial charge in [-0.25, -0.2) is 0 Å². The number of rotatable bonds is 9. The lowest BCUT2D eigenvalue weighted by Gasteiger charge is -2.46. The van der Waals surface area contributed by atoms with Crippen molar-refractivity contribution >= 4 is 0 Å². The topological polar surface area (TPSA) is 41.3 Å². The molecule has 0 aromatic rings. The number of hydrogen-bond donors (Lipinski definition) is 2. The Kier molecular flexibility index (Phi) is 7.66. The summed E-state index contributed by atoms with van der Waals surface area (Å²) in [5.74, 6) is 5.81. The van der Waals surface area contributed by atoms with E-state index in [0.717, 1.165) is 12.8 Å². The van der Waals surface area contributed by atoms with E-state index in [4.69, 9.17) is 5.84 Å². The molecule has 0 aromatic carbocycles. The highest BCUT2D eigenvalue weighted by Crippen LogP contribution is 2.26. The molecule has 19 heavy (non-hydrogen) atoms. The third-order valence-corrected chi connectivity index (χ3v) is 4.63. The summed E-state index contributed by atoms with van der Waals surface area (Å²) in [7, 11) is 0. The molecule has 1 unspecified atom stereocenters. The van der Waals surface area contributed by atoms with Crippen LogP contribution >= 0.6 is 0 Å². The first kappa shape index (κ1) is 16.7. The Morgan fingerprint density at radius 1 is 1.21 bits per heavy atom. The molecule has 0 spiro atoms. The SMILES string of the molecule is C=CCCCCCC(NN)C(C)(C)N1CCCCC1. The number of likely N-dealkylation sites (tertiary alicyclic amines) is 1. The highest BCUT2D eigenvalue weighted by atomic mass is 15.3. The Bertz CT molecular complexity index is 244. The molecule has 1 aliphatic rings. The number of unbranched alkanes of at least 4 members (excludes halogenated alkanes) is 3. The van der Waals surface area contributed by atoms with Gasteiger partial charge in [0.05, 0.1) is 0 Å². The van der Waals surface area contributed by atoms with Crippen LogP contribution in [0.1, 0.15) is 65.2 Å². The van der Waals surface area contributed by atoms with Crippen molar-refractivity contribution in [3.63, 3.8) is 0 Å². The third-order valence-electron chi connectivity index (χ3n) is 4.63. The molecule has 1 fully saturated rings. The molecule has 3 N–H and O–H groups in total. The van der Waals surface area contributed by atoms with Gasteiger partial charge in [-0.2, -0.15) is 0 Å². The second-order valence-corrected chi connectivity index (χ2v) is 6.35. The number of hydrazine groups is 1.